The van der Waals surface area contributed by atoms with Crippen molar-refractivity contribution in [1.29, 1.82) is 0 Å². The van der Waals surface area contributed by atoms with E-state index in [1.165, 1.54) is 5.56 Å². The molecule has 0 atom stereocenters. The number of hydrogen-bond acceptors (Lipinski definition) is 5. The van der Waals surface area contributed by atoms with E-state index in [1.807, 2.05) is 38.1 Å². The molecular formula is C26H34O5. The van der Waals surface area contributed by atoms with Gasteiger partial charge in [0.05, 0.1) is 0 Å². The summed E-state index contributed by atoms with van der Waals surface area (Å²) >= 11 is 0. The lowest BCUT2D eigenvalue weighted by molar-refractivity contribution is -0.107. The van der Waals surface area contributed by atoms with Gasteiger partial charge in [-0.1, -0.05) is 42.8 Å². The molecule has 0 fully saturated rings. The Kier molecular flexibility index (Phi) is 12.1. The predicted octanol–water partition coefficient (Wildman–Crippen LogP) is 5.90. The van der Waals surface area contributed by atoms with Gasteiger partial charge in [-0.05, 0) is 61.9 Å². The van der Waals surface area contributed by atoms with Gasteiger partial charge in [-0.15, -0.1) is 0 Å². The van der Waals surface area contributed by atoms with E-state index in [9.17, 15) is 4.79 Å². The van der Waals surface area contributed by atoms with Gasteiger partial charge in [0.1, 0.15) is 17.8 Å². The number of benzene rings is 2. The summed E-state index contributed by atoms with van der Waals surface area (Å²) in [5.41, 5.74) is 3.42. The summed E-state index contributed by atoms with van der Waals surface area (Å²) in [6, 6.07) is 14.3. The average molecular weight is 427 g/mol. The van der Waals surface area contributed by atoms with Crippen molar-refractivity contribution in [2.75, 3.05) is 26.8 Å². The summed E-state index contributed by atoms with van der Waals surface area (Å²) in [7, 11) is 0. The first-order chi connectivity index (χ1) is 15.2. The van der Waals surface area contributed by atoms with Crippen LogP contribution in [0.3, 0.4) is 0 Å². The second kappa shape index (κ2) is 15.2. The van der Waals surface area contributed by atoms with Gasteiger partial charge < -0.3 is 23.7 Å². The summed E-state index contributed by atoms with van der Waals surface area (Å²) in [6.45, 7) is 5.45. The molecule has 0 unspecified atom stereocenters. The van der Waals surface area contributed by atoms with Gasteiger partial charge in [-0.3, -0.25) is 0 Å². The average Bonchev–Trinajstić information content (AvgIpc) is 2.78. The highest BCUT2D eigenvalue weighted by atomic mass is 16.7. The molecule has 5 nitrogen and oxygen atoms in total. The van der Waals surface area contributed by atoms with E-state index in [0.717, 1.165) is 43.1 Å². The van der Waals surface area contributed by atoms with Crippen molar-refractivity contribution in [3.05, 3.63) is 59.2 Å². The van der Waals surface area contributed by atoms with E-state index in [4.69, 9.17) is 18.9 Å². The summed E-state index contributed by atoms with van der Waals surface area (Å²) in [6.07, 6.45) is 9.96. The molecule has 2 rings (SSSR count). The van der Waals surface area contributed by atoms with Crippen molar-refractivity contribution in [2.24, 2.45) is 0 Å². The molecule has 0 amide bonds. The Morgan fingerprint density at radius 2 is 1.45 bits per heavy atom. The molecule has 0 N–H and O–H groups in total. The maximum atomic E-state index is 10.4. The van der Waals surface area contributed by atoms with E-state index in [2.05, 4.69) is 30.3 Å². The molecule has 0 saturated heterocycles. The molecule has 2 aromatic rings. The number of aryl methyl sites for hydroxylation is 1. The van der Waals surface area contributed by atoms with Crippen LogP contribution in [-0.2, 0) is 20.7 Å². The van der Waals surface area contributed by atoms with Gasteiger partial charge in [-0.25, -0.2) is 0 Å². The molecule has 2 aromatic carbocycles. The highest BCUT2D eigenvalue weighted by Gasteiger charge is 2.03. The Hall–Kier alpha value is -2.63. The molecule has 5 heteroatoms. The Balaban J connectivity index is 2.04. The molecule has 0 spiro atoms. The topological polar surface area (TPSA) is 54.0 Å². The maximum Gasteiger partial charge on any atom is 0.189 e. The normalized spacial score (nSPS) is 11.0. The summed E-state index contributed by atoms with van der Waals surface area (Å²) in [4.78, 5) is 10.4. The second-order valence-corrected chi connectivity index (χ2v) is 7.09. The number of rotatable bonds is 16. The molecule has 31 heavy (non-hydrogen) atoms. The van der Waals surface area contributed by atoms with Gasteiger partial charge >= 0.3 is 0 Å². The van der Waals surface area contributed by atoms with Crippen molar-refractivity contribution in [3.63, 3.8) is 0 Å². The Labute approximate surface area is 186 Å². The first-order valence-electron chi connectivity index (χ1n) is 11.0. The lowest BCUT2D eigenvalue weighted by Gasteiger charge is -2.11. The minimum absolute atomic E-state index is 0.198. The minimum Gasteiger partial charge on any atom is -0.467 e. The van der Waals surface area contributed by atoms with Crippen LogP contribution in [0.4, 0.5) is 0 Å². The molecule has 0 aliphatic carbocycles. The number of aldehydes is 1. The van der Waals surface area contributed by atoms with Crippen LogP contribution in [0, 0.1) is 0 Å². The highest BCUT2D eigenvalue weighted by Crippen LogP contribution is 2.25. The molecule has 0 saturated carbocycles. The van der Waals surface area contributed by atoms with Crippen LogP contribution in [0.15, 0.2) is 42.5 Å². The fourth-order valence-corrected chi connectivity index (χ4v) is 3.02. The molecule has 0 bridgehead atoms. The van der Waals surface area contributed by atoms with Crippen LogP contribution in [0.1, 0.15) is 56.2 Å². The van der Waals surface area contributed by atoms with Gasteiger partial charge in [0.15, 0.2) is 13.6 Å². The summed E-state index contributed by atoms with van der Waals surface area (Å²) < 4.78 is 21.9. The highest BCUT2D eigenvalue weighted by molar-refractivity contribution is 5.71. The van der Waals surface area contributed by atoms with E-state index in [0.29, 0.717) is 31.1 Å². The third-order valence-corrected chi connectivity index (χ3v) is 4.64. The van der Waals surface area contributed by atoms with E-state index in [-0.39, 0.29) is 13.6 Å². The SMILES string of the molecule is CCOCOc1cc(/C=C/c2cccc(CCCCCC=O)c2)cc(OCOCC)c1. The Morgan fingerprint density at radius 3 is 2.10 bits per heavy atom. The van der Waals surface area contributed by atoms with Crippen LogP contribution in [-0.4, -0.2) is 33.1 Å². The van der Waals surface area contributed by atoms with Gasteiger partial charge in [0.2, 0.25) is 0 Å². The third-order valence-electron chi connectivity index (χ3n) is 4.64. The number of carbonyl (C=O) groups excluding carboxylic acids is 1. The van der Waals surface area contributed by atoms with Crippen LogP contribution in [0.2, 0.25) is 0 Å². The lowest BCUT2D eigenvalue weighted by atomic mass is 10.0. The number of carbonyl (C=O) groups is 1. The van der Waals surface area contributed by atoms with E-state index in [1.54, 1.807) is 0 Å². The first-order valence-corrected chi connectivity index (χ1v) is 11.0. The molecule has 168 valence electrons. The van der Waals surface area contributed by atoms with Crippen molar-refractivity contribution < 1.29 is 23.7 Å². The van der Waals surface area contributed by atoms with Crippen molar-refractivity contribution >= 4 is 18.4 Å². The van der Waals surface area contributed by atoms with Gasteiger partial charge in [-0.2, -0.15) is 0 Å². The lowest BCUT2D eigenvalue weighted by Crippen LogP contribution is -2.04. The van der Waals surface area contributed by atoms with Crippen LogP contribution >= 0.6 is 0 Å². The zero-order chi connectivity index (χ0) is 22.2. The van der Waals surface area contributed by atoms with Crippen LogP contribution < -0.4 is 9.47 Å². The molecule has 0 radical (unpaired) electrons. The molecular weight excluding hydrogens is 392 g/mol. The fourth-order valence-electron chi connectivity index (χ4n) is 3.02. The fraction of sp³-hybridized carbons (Fsp3) is 0.423. The summed E-state index contributed by atoms with van der Waals surface area (Å²) in [5, 5.41) is 0. The van der Waals surface area contributed by atoms with Crippen molar-refractivity contribution in [2.45, 2.75) is 46.0 Å². The van der Waals surface area contributed by atoms with Crippen LogP contribution in [0.25, 0.3) is 12.2 Å². The number of hydrogen-bond donors (Lipinski definition) is 0. The minimum atomic E-state index is 0.198. The van der Waals surface area contributed by atoms with Crippen molar-refractivity contribution in [3.8, 4) is 11.5 Å². The van der Waals surface area contributed by atoms with Gasteiger partial charge in [0.25, 0.3) is 0 Å². The molecule has 0 aromatic heterocycles. The molecule has 0 aliphatic heterocycles. The smallest absolute Gasteiger partial charge is 0.189 e. The summed E-state index contributed by atoms with van der Waals surface area (Å²) in [5.74, 6) is 1.37. The molecule has 0 heterocycles. The maximum absolute atomic E-state index is 10.4. The van der Waals surface area contributed by atoms with E-state index < -0.39 is 0 Å². The van der Waals surface area contributed by atoms with Crippen molar-refractivity contribution in [1.82, 2.24) is 0 Å². The largest absolute Gasteiger partial charge is 0.467 e. The zero-order valence-electron chi connectivity index (χ0n) is 18.7. The standard InChI is InChI=1S/C26H34O5/c1-3-28-20-30-25-17-24(18-26(19-25)31-21-29-4-2)14-13-23-12-9-11-22(16-23)10-7-5-6-8-15-27/h9,11-19H,3-8,10,20-21H2,1-2H3/b14-13+. The zero-order valence-corrected chi connectivity index (χ0v) is 18.7. The van der Waals surface area contributed by atoms with E-state index >= 15 is 0 Å². The number of unbranched alkanes of at least 4 members (excludes halogenated alkanes) is 3. The Bertz CT molecular complexity index is 772. The number of ether oxygens (including phenoxy) is 4. The quantitative estimate of drug-likeness (QED) is 0.145. The first kappa shape index (κ1) is 24.6. The third kappa shape index (κ3) is 10.3. The van der Waals surface area contributed by atoms with Crippen LogP contribution in [0.5, 0.6) is 11.5 Å². The second-order valence-electron chi connectivity index (χ2n) is 7.09. The van der Waals surface area contributed by atoms with Gasteiger partial charge in [0, 0.05) is 25.7 Å². The molecule has 0 aliphatic rings. The Morgan fingerprint density at radius 1 is 0.774 bits per heavy atom. The predicted molar refractivity (Wildman–Crippen MR) is 124 cm³/mol. The monoisotopic (exact) mass is 426 g/mol.